The minimum absolute atomic E-state index is 0.0121. The fraction of sp³-hybridized carbons (Fsp3) is 0.559. The van der Waals surface area contributed by atoms with Gasteiger partial charge in [-0.3, -0.25) is 48.2 Å². The first-order chi connectivity index (χ1) is 38.4. The molecule has 2 aromatic carbocycles. The van der Waals surface area contributed by atoms with Gasteiger partial charge in [0.25, 0.3) is 27.7 Å². The number of urea groups is 1. The molecular formula is C59H88N10O13S. The molecule has 0 saturated carbocycles. The number of anilines is 1. The molecule has 23 nitrogen and oxygen atoms in total. The first-order valence-corrected chi connectivity index (χ1v) is 29.3. The van der Waals surface area contributed by atoms with Crippen LogP contribution in [0.5, 0.6) is 0 Å². The minimum Gasteiger partial charge on any atom is -0.444 e. The number of nitrogens with two attached hydrogens (primary N) is 1. The van der Waals surface area contributed by atoms with Gasteiger partial charge in [-0.2, -0.15) is 0 Å². The number of primary amides is 1. The highest BCUT2D eigenvalue weighted by molar-refractivity contribution is 7.90. The monoisotopic (exact) mass is 1180 g/mol. The Labute approximate surface area is 489 Å². The Balaban J connectivity index is 1.77. The molecule has 1 aliphatic heterocycles. The Morgan fingerprint density at radius 2 is 1.31 bits per heavy atom. The fourth-order valence-corrected chi connectivity index (χ4v) is 10.2. The standard InChI is InChI=1S/C59H88N10O13S/c1-36(2)43(67(14)54(77)48(57(6,7)8)65-53(76)49(68(15)56(79)82-58(9,10)11)59(12,13)39-23-18-16-19-24-39)35-38(5)50(73)66-83(80,81)41-29-27-40(28-30-41)62-51(74)42(25-22-33-61-55(60)78)63-52(75)47(37(3)4)64-44(70)26-20-17-21-34-69-45(71)31-32-46(69)72/h16,18-19,23-24,27-32,35-37,42-43,47-49H,17,20-22,25-26,33-34H2,1-15H3,(H,62,74)(H,63,75)(H,64,70)(H,65,76)(H,66,73)(H3,60,61,78)/b38-35+/t42-,43+,47-,48+,49+/m0/s1. The van der Waals surface area contributed by atoms with Gasteiger partial charge in [0.2, 0.25) is 29.5 Å². The van der Waals surface area contributed by atoms with Gasteiger partial charge >= 0.3 is 12.1 Å². The molecule has 1 aliphatic rings. The summed E-state index contributed by atoms with van der Waals surface area (Å²) in [6.07, 6.45) is 4.83. The zero-order chi connectivity index (χ0) is 62.9. The van der Waals surface area contributed by atoms with E-state index in [-0.39, 0.29) is 66.2 Å². The van der Waals surface area contributed by atoms with Crippen LogP contribution in [0.15, 0.2) is 83.3 Å². The number of likely N-dealkylation sites (N-methyl/N-ethyl adjacent to an activating group) is 2. The molecule has 2 aromatic rings. The number of nitrogens with zero attached hydrogens (tertiary/aromatic N) is 3. The highest BCUT2D eigenvalue weighted by atomic mass is 32.2. The molecule has 0 fully saturated rings. The van der Waals surface area contributed by atoms with Gasteiger partial charge < -0.3 is 42.0 Å². The molecule has 0 aliphatic carbocycles. The van der Waals surface area contributed by atoms with Gasteiger partial charge in [-0.15, -0.1) is 0 Å². The van der Waals surface area contributed by atoms with Crippen LogP contribution in [-0.4, -0.2) is 145 Å². The Morgan fingerprint density at radius 3 is 1.84 bits per heavy atom. The average Bonchev–Trinajstić information content (AvgIpc) is 3.94. The van der Waals surface area contributed by atoms with E-state index in [1.165, 1.54) is 61.2 Å². The highest BCUT2D eigenvalue weighted by Crippen LogP contribution is 2.33. The predicted molar refractivity (Wildman–Crippen MR) is 314 cm³/mol. The SMILES string of the molecule is C/C(=C\[C@H](C(C)C)N(C)C(=O)[C@@H](NC(=O)[C@@H](N(C)C(=O)OC(C)(C)C)C(C)(C)c1ccccc1)C(C)(C)C)C(=O)NS(=O)(=O)c1ccc(NC(=O)[C@H](CCCNC(N)=O)NC(=O)[C@@H](NC(=O)CCCCCN2C(=O)C=CC2=O)C(C)C)cc1. The van der Waals surface area contributed by atoms with Crippen LogP contribution in [0.2, 0.25) is 0 Å². The maximum Gasteiger partial charge on any atom is 0.410 e. The molecule has 83 heavy (non-hydrogen) atoms. The van der Waals surface area contributed by atoms with Gasteiger partial charge in [0.15, 0.2) is 0 Å². The quantitative estimate of drug-likeness (QED) is 0.0329. The third-order valence-electron chi connectivity index (χ3n) is 13.9. The van der Waals surface area contributed by atoms with Crippen molar-refractivity contribution in [1.82, 2.24) is 40.7 Å². The number of benzene rings is 2. The molecule has 0 spiro atoms. The Hall–Kier alpha value is -7.63. The van der Waals surface area contributed by atoms with E-state index in [1.54, 1.807) is 55.4 Å². The van der Waals surface area contributed by atoms with Crippen LogP contribution in [0.3, 0.4) is 0 Å². The number of carbonyl (C=O) groups excluding carboxylic acids is 10. The molecule has 5 atom stereocenters. The van der Waals surface area contributed by atoms with Crippen molar-refractivity contribution in [3.05, 3.63) is 84.0 Å². The number of carbonyl (C=O) groups is 10. The first-order valence-electron chi connectivity index (χ1n) is 27.8. The van der Waals surface area contributed by atoms with Crippen molar-refractivity contribution in [2.45, 2.75) is 175 Å². The number of amides is 11. The molecule has 11 amide bonds. The van der Waals surface area contributed by atoms with Crippen LogP contribution in [0.1, 0.15) is 134 Å². The number of unbranched alkanes of at least 4 members (excludes halogenated alkanes) is 2. The van der Waals surface area contributed by atoms with Crippen LogP contribution in [0.25, 0.3) is 0 Å². The largest absolute Gasteiger partial charge is 0.444 e. The van der Waals surface area contributed by atoms with E-state index >= 15 is 0 Å². The zero-order valence-electron chi connectivity index (χ0n) is 50.8. The van der Waals surface area contributed by atoms with Crippen LogP contribution < -0.4 is 37.0 Å². The normalized spacial score (nSPS) is 14.9. The molecular weight excluding hydrogens is 1090 g/mol. The van der Waals surface area contributed by atoms with Crippen molar-refractivity contribution in [3.63, 3.8) is 0 Å². The summed E-state index contributed by atoms with van der Waals surface area (Å²) >= 11 is 0. The summed E-state index contributed by atoms with van der Waals surface area (Å²) in [7, 11) is -1.54. The lowest BCUT2D eigenvalue weighted by Gasteiger charge is -2.42. The number of imide groups is 1. The van der Waals surface area contributed by atoms with Crippen molar-refractivity contribution in [2.75, 3.05) is 32.5 Å². The maximum atomic E-state index is 14.7. The van der Waals surface area contributed by atoms with Crippen LogP contribution >= 0.6 is 0 Å². The van der Waals surface area contributed by atoms with Crippen molar-refractivity contribution in [2.24, 2.45) is 23.0 Å². The van der Waals surface area contributed by atoms with Gasteiger partial charge in [0, 0.05) is 62.4 Å². The summed E-state index contributed by atoms with van der Waals surface area (Å²) in [6, 6.07) is 7.89. The van der Waals surface area contributed by atoms with Crippen LogP contribution in [0, 0.1) is 17.3 Å². The molecule has 0 saturated heterocycles. The number of ether oxygens (including phenoxy) is 1. The average molecular weight is 1180 g/mol. The van der Waals surface area contributed by atoms with Crippen LogP contribution in [-0.2, 0) is 58.5 Å². The number of hydrogen-bond donors (Lipinski definition) is 7. The Morgan fingerprint density at radius 1 is 0.723 bits per heavy atom. The summed E-state index contributed by atoms with van der Waals surface area (Å²) in [5.41, 5.74) is 3.28. The molecule has 0 aromatic heterocycles. The van der Waals surface area contributed by atoms with Crippen molar-refractivity contribution in [1.29, 1.82) is 0 Å². The minimum atomic E-state index is -4.53. The molecule has 24 heteroatoms. The summed E-state index contributed by atoms with van der Waals surface area (Å²) in [4.78, 5) is 135. The third kappa shape index (κ3) is 20.9. The lowest BCUT2D eigenvalue weighted by Crippen LogP contribution is -2.63. The molecule has 0 radical (unpaired) electrons. The van der Waals surface area contributed by atoms with Gasteiger partial charge in [-0.1, -0.05) is 105 Å². The first kappa shape index (κ1) is 69.6. The predicted octanol–water partition coefficient (Wildman–Crippen LogP) is 5.16. The molecule has 8 N–H and O–H groups in total. The van der Waals surface area contributed by atoms with Crippen LogP contribution in [0.4, 0.5) is 15.3 Å². The second-order valence-electron chi connectivity index (χ2n) is 24.1. The second kappa shape index (κ2) is 30.1. The van der Waals surface area contributed by atoms with E-state index < -0.39 is 110 Å². The summed E-state index contributed by atoms with van der Waals surface area (Å²) in [6.45, 7) is 22.9. The van der Waals surface area contributed by atoms with E-state index in [4.69, 9.17) is 10.5 Å². The van der Waals surface area contributed by atoms with E-state index in [9.17, 15) is 56.4 Å². The van der Waals surface area contributed by atoms with Gasteiger partial charge in [-0.05, 0) is 100 Å². The van der Waals surface area contributed by atoms with Crippen molar-refractivity contribution >= 4 is 75.1 Å². The summed E-state index contributed by atoms with van der Waals surface area (Å²) in [5, 5.41) is 13.4. The molecule has 1 heterocycles. The number of sulfonamides is 1. The smallest absolute Gasteiger partial charge is 0.410 e. The van der Waals surface area contributed by atoms with Gasteiger partial charge in [0.05, 0.1) is 10.9 Å². The van der Waals surface area contributed by atoms with Crippen molar-refractivity contribution in [3.8, 4) is 0 Å². The van der Waals surface area contributed by atoms with E-state index in [0.717, 1.165) is 22.6 Å². The topological polar surface area (TPSA) is 322 Å². The van der Waals surface area contributed by atoms with Crippen molar-refractivity contribution < 1.29 is 61.1 Å². The van der Waals surface area contributed by atoms with E-state index in [0.29, 0.717) is 19.3 Å². The maximum absolute atomic E-state index is 14.7. The lowest BCUT2D eigenvalue weighted by molar-refractivity contribution is -0.142. The molecule has 0 unspecified atom stereocenters. The third-order valence-corrected chi connectivity index (χ3v) is 15.2. The molecule has 458 valence electrons. The summed E-state index contributed by atoms with van der Waals surface area (Å²) < 4.78 is 35.1. The van der Waals surface area contributed by atoms with E-state index in [2.05, 4.69) is 31.3 Å². The molecule has 0 bridgehead atoms. The Kier molecular flexibility index (Phi) is 25.2. The van der Waals surface area contributed by atoms with E-state index in [1.807, 2.05) is 58.0 Å². The summed E-state index contributed by atoms with van der Waals surface area (Å²) in [5.74, 6) is -5.44. The van der Waals surface area contributed by atoms with Gasteiger partial charge in [-0.25, -0.2) is 22.7 Å². The van der Waals surface area contributed by atoms with Gasteiger partial charge in [0.1, 0.15) is 29.8 Å². The second-order valence-corrected chi connectivity index (χ2v) is 25.8. The number of nitrogens with one attached hydrogen (secondary N) is 6. The highest BCUT2D eigenvalue weighted by Gasteiger charge is 2.46. The Bertz CT molecular complexity index is 2820. The zero-order valence-corrected chi connectivity index (χ0v) is 51.6. The number of hydrogen-bond acceptors (Lipinski definition) is 13. The number of rotatable bonds is 28. The molecule has 3 rings (SSSR count). The fourth-order valence-electron chi connectivity index (χ4n) is 9.18. The lowest BCUT2D eigenvalue weighted by atomic mass is 9.76.